The van der Waals surface area contributed by atoms with Crippen LogP contribution in [0.4, 0.5) is 5.69 Å². The minimum absolute atomic E-state index is 0.132. The highest BCUT2D eigenvalue weighted by molar-refractivity contribution is 8.00. The molecular weight excluding hydrogens is 446 g/mol. The fourth-order valence-corrected chi connectivity index (χ4v) is 4.44. The number of nitrogens with zero attached hydrogens (tertiary/aromatic N) is 4. The van der Waals surface area contributed by atoms with E-state index in [9.17, 15) is 4.79 Å². The summed E-state index contributed by atoms with van der Waals surface area (Å²) in [5, 5.41) is 12.1. The number of carbonyl (C=O) groups excluding carboxylic acids is 1. The van der Waals surface area contributed by atoms with E-state index in [0.717, 1.165) is 11.3 Å². The SMILES string of the molecule is COc1cccc(NC(=O)C(C)Sc2nnc(-c3cccnc3)n2-c2ccccc2C(C)C)c1. The summed E-state index contributed by atoms with van der Waals surface area (Å²) in [5.74, 6) is 1.54. The molecule has 0 aliphatic carbocycles. The van der Waals surface area contributed by atoms with Gasteiger partial charge >= 0.3 is 0 Å². The quantitative estimate of drug-likeness (QED) is 0.336. The Hall–Kier alpha value is -3.65. The van der Waals surface area contributed by atoms with Crippen molar-refractivity contribution in [3.8, 4) is 22.8 Å². The standard InChI is InChI=1S/C26H27N5O2S/c1-17(2)22-12-5-6-13-23(22)31-24(19-9-8-14-27-16-19)29-30-26(31)34-18(3)25(32)28-20-10-7-11-21(15-20)33-4/h5-18H,1-4H3,(H,28,32). The van der Waals surface area contributed by atoms with Gasteiger partial charge in [0.15, 0.2) is 11.0 Å². The topological polar surface area (TPSA) is 81.9 Å². The number of thioether (sulfide) groups is 1. The van der Waals surface area contributed by atoms with Crippen molar-refractivity contribution < 1.29 is 9.53 Å². The number of hydrogen-bond donors (Lipinski definition) is 1. The van der Waals surface area contributed by atoms with Crippen molar-refractivity contribution in [2.24, 2.45) is 0 Å². The molecule has 0 spiro atoms. The van der Waals surface area contributed by atoms with E-state index in [1.165, 1.54) is 17.3 Å². The van der Waals surface area contributed by atoms with E-state index in [1.54, 1.807) is 25.6 Å². The molecule has 7 nitrogen and oxygen atoms in total. The summed E-state index contributed by atoms with van der Waals surface area (Å²) >= 11 is 1.36. The second-order valence-electron chi connectivity index (χ2n) is 8.08. The van der Waals surface area contributed by atoms with E-state index in [-0.39, 0.29) is 5.91 Å². The van der Waals surface area contributed by atoms with Crippen molar-refractivity contribution in [1.82, 2.24) is 19.7 Å². The summed E-state index contributed by atoms with van der Waals surface area (Å²) in [6.07, 6.45) is 3.50. The highest BCUT2D eigenvalue weighted by atomic mass is 32.2. The third kappa shape index (κ3) is 5.12. The summed E-state index contributed by atoms with van der Waals surface area (Å²) in [6, 6.07) is 19.3. The molecule has 0 bridgehead atoms. The first-order chi connectivity index (χ1) is 16.5. The van der Waals surface area contributed by atoms with Crippen LogP contribution in [0.3, 0.4) is 0 Å². The number of aromatic nitrogens is 4. The third-order valence-electron chi connectivity index (χ3n) is 5.34. The molecule has 0 saturated heterocycles. The maximum atomic E-state index is 13.0. The van der Waals surface area contributed by atoms with E-state index >= 15 is 0 Å². The molecule has 34 heavy (non-hydrogen) atoms. The van der Waals surface area contributed by atoms with Crippen LogP contribution in [0.1, 0.15) is 32.3 Å². The largest absolute Gasteiger partial charge is 0.497 e. The monoisotopic (exact) mass is 473 g/mol. The number of ether oxygens (including phenoxy) is 1. The second-order valence-corrected chi connectivity index (χ2v) is 9.39. The molecule has 174 valence electrons. The number of methoxy groups -OCH3 is 1. The van der Waals surface area contributed by atoms with Crippen LogP contribution in [-0.2, 0) is 4.79 Å². The molecule has 0 radical (unpaired) electrons. The Morgan fingerprint density at radius 3 is 2.59 bits per heavy atom. The van der Waals surface area contributed by atoms with E-state index in [4.69, 9.17) is 4.74 Å². The van der Waals surface area contributed by atoms with Gasteiger partial charge in [-0.05, 0) is 48.7 Å². The fraction of sp³-hybridized carbons (Fsp3) is 0.231. The van der Waals surface area contributed by atoms with Crippen molar-refractivity contribution in [3.05, 3.63) is 78.6 Å². The van der Waals surface area contributed by atoms with Gasteiger partial charge in [0, 0.05) is 29.7 Å². The average molecular weight is 474 g/mol. The second kappa shape index (κ2) is 10.5. The molecular formula is C26H27N5O2S. The summed E-state index contributed by atoms with van der Waals surface area (Å²) in [6.45, 7) is 6.17. The van der Waals surface area contributed by atoms with Crippen LogP contribution in [-0.4, -0.2) is 38.0 Å². The maximum absolute atomic E-state index is 13.0. The Balaban J connectivity index is 1.68. The van der Waals surface area contributed by atoms with E-state index in [2.05, 4.69) is 46.5 Å². The van der Waals surface area contributed by atoms with Crippen LogP contribution in [0.15, 0.2) is 78.2 Å². The number of anilines is 1. The highest BCUT2D eigenvalue weighted by Crippen LogP contribution is 2.33. The van der Waals surface area contributed by atoms with Gasteiger partial charge in [-0.1, -0.05) is 49.9 Å². The zero-order valence-electron chi connectivity index (χ0n) is 19.6. The predicted octanol–water partition coefficient (Wildman–Crippen LogP) is 5.58. The summed E-state index contributed by atoms with van der Waals surface area (Å²) in [5.41, 5.74) is 3.69. The molecule has 8 heteroatoms. The molecule has 4 rings (SSSR count). The lowest BCUT2D eigenvalue weighted by atomic mass is 10.0. The van der Waals surface area contributed by atoms with Gasteiger partial charge in [-0.15, -0.1) is 10.2 Å². The minimum Gasteiger partial charge on any atom is -0.497 e. The summed E-state index contributed by atoms with van der Waals surface area (Å²) in [4.78, 5) is 17.2. The summed E-state index contributed by atoms with van der Waals surface area (Å²) < 4.78 is 7.27. The van der Waals surface area contributed by atoms with Gasteiger partial charge in [-0.2, -0.15) is 0 Å². The van der Waals surface area contributed by atoms with Gasteiger partial charge in [0.05, 0.1) is 18.0 Å². The van der Waals surface area contributed by atoms with E-state index in [0.29, 0.717) is 28.3 Å². The van der Waals surface area contributed by atoms with Crippen LogP contribution in [0.25, 0.3) is 17.1 Å². The number of para-hydroxylation sites is 1. The van der Waals surface area contributed by atoms with Gasteiger partial charge in [0.25, 0.3) is 0 Å². The van der Waals surface area contributed by atoms with Crippen LogP contribution in [0, 0.1) is 0 Å². The predicted molar refractivity (Wildman–Crippen MR) is 136 cm³/mol. The van der Waals surface area contributed by atoms with Crippen molar-refractivity contribution in [1.29, 1.82) is 0 Å². The molecule has 0 fully saturated rings. The van der Waals surface area contributed by atoms with Gasteiger partial charge in [-0.25, -0.2) is 0 Å². The number of carbonyl (C=O) groups is 1. The van der Waals surface area contributed by atoms with E-state index in [1.807, 2.05) is 54.0 Å². The van der Waals surface area contributed by atoms with Crippen molar-refractivity contribution in [2.45, 2.75) is 37.1 Å². The number of amides is 1. The van der Waals surface area contributed by atoms with Gasteiger partial charge in [-0.3, -0.25) is 14.3 Å². The highest BCUT2D eigenvalue weighted by Gasteiger charge is 2.23. The molecule has 1 atom stereocenters. The number of pyridine rings is 1. The molecule has 1 N–H and O–H groups in total. The van der Waals surface area contributed by atoms with Crippen LogP contribution in [0.2, 0.25) is 0 Å². The fourth-order valence-electron chi connectivity index (χ4n) is 3.58. The molecule has 0 saturated carbocycles. The molecule has 1 unspecified atom stereocenters. The Morgan fingerprint density at radius 2 is 1.85 bits per heavy atom. The van der Waals surface area contributed by atoms with Crippen LogP contribution in [0.5, 0.6) is 5.75 Å². The lowest BCUT2D eigenvalue weighted by molar-refractivity contribution is -0.115. The Kier molecular flexibility index (Phi) is 7.27. The molecule has 0 aliphatic heterocycles. The number of hydrogen-bond acceptors (Lipinski definition) is 6. The third-order valence-corrected chi connectivity index (χ3v) is 6.38. The molecule has 4 aromatic rings. The van der Waals surface area contributed by atoms with Crippen molar-refractivity contribution in [2.75, 3.05) is 12.4 Å². The first kappa shape index (κ1) is 23.5. The molecule has 1 amide bonds. The van der Waals surface area contributed by atoms with Gasteiger partial charge in [0.1, 0.15) is 5.75 Å². The first-order valence-electron chi connectivity index (χ1n) is 11.0. The Morgan fingerprint density at radius 1 is 1.03 bits per heavy atom. The average Bonchev–Trinajstić information content (AvgIpc) is 3.27. The minimum atomic E-state index is -0.415. The number of rotatable bonds is 8. The zero-order chi connectivity index (χ0) is 24.1. The summed E-state index contributed by atoms with van der Waals surface area (Å²) in [7, 11) is 1.60. The zero-order valence-corrected chi connectivity index (χ0v) is 20.4. The smallest absolute Gasteiger partial charge is 0.237 e. The molecule has 0 aliphatic rings. The first-order valence-corrected chi connectivity index (χ1v) is 11.9. The van der Waals surface area contributed by atoms with E-state index < -0.39 is 5.25 Å². The van der Waals surface area contributed by atoms with Crippen molar-refractivity contribution >= 4 is 23.4 Å². The van der Waals surface area contributed by atoms with Crippen LogP contribution < -0.4 is 10.1 Å². The maximum Gasteiger partial charge on any atom is 0.237 e. The lowest BCUT2D eigenvalue weighted by Crippen LogP contribution is -2.23. The normalized spacial score (nSPS) is 11.9. The number of nitrogens with one attached hydrogen (secondary N) is 1. The molecule has 2 aromatic carbocycles. The van der Waals surface area contributed by atoms with Gasteiger partial charge in [0.2, 0.25) is 5.91 Å². The lowest BCUT2D eigenvalue weighted by Gasteiger charge is -2.18. The molecule has 2 heterocycles. The number of benzene rings is 2. The van der Waals surface area contributed by atoms with Crippen molar-refractivity contribution in [3.63, 3.8) is 0 Å². The Labute approximate surface area is 203 Å². The molecule has 2 aromatic heterocycles. The van der Waals surface area contributed by atoms with Gasteiger partial charge < -0.3 is 10.1 Å². The Bertz CT molecular complexity index is 1270. The van der Waals surface area contributed by atoms with Crippen LogP contribution >= 0.6 is 11.8 Å².